The highest BCUT2D eigenvalue weighted by molar-refractivity contribution is 5.96. The Hall–Kier alpha value is -5.08. The molecular weight excluding hydrogens is 498 g/mol. The zero-order valence-corrected chi connectivity index (χ0v) is 23.3. The molecule has 0 fully saturated rings. The van der Waals surface area contributed by atoms with E-state index >= 15 is 0 Å². The molecule has 1 aliphatic carbocycles. The minimum Gasteiger partial charge on any atom is -0.464 e. The van der Waals surface area contributed by atoms with E-state index in [4.69, 9.17) is 4.42 Å². The highest BCUT2D eigenvalue weighted by Gasteiger charge is 2.35. The summed E-state index contributed by atoms with van der Waals surface area (Å²) in [5.74, 6) is 0. The molecule has 1 N–H and O–H groups in total. The number of para-hydroxylation sites is 1. The van der Waals surface area contributed by atoms with Gasteiger partial charge < -0.3 is 9.73 Å². The van der Waals surface area contributed by atoms with Gasteiger partial charge in [0.25, 0.3) is 0 Å². The van der Waals surface area contributed by atoms with Crippen LogP contribution < -0.4 is 5.32 Å². The Balaban J connectivity index is 1.14. The Morgan fingerprint density at radius 1 is 0.707 bits per heavy atom. The number of hydrogen-bond donors (Lipinski definition) is 1. The van der Waals surface area contributed by atoms with Crippen LogP contribution in [0, 0.1) is 0 Å². The summed E-state index contributed by atoms with van der Waals surface area (Å²) in [6.07, 6.45) is 5.83. The van der Waals surface area contributed by atoms with E-state index in [0.717, 1.165) is 39.0 Å². The van der Waals surface area contributed by atoms with Crippen LogP contribution in [-0.4, -0.2) is 0 Å². The lowest BCUT2D eigenvalue weighted by atomic mass is 9.81. The molecule has 0 aliphatic heterocycles. The number of anilines is 2. The third kappa shape index (κ3) is 4.38. The number of nitrogens with one attached hydrogen (secondary N) is 1. The van der Waals surface area contributed by atoms with Crippen LogP contribution in [0.2, 0.25) is 0 Å². The summed E-state index contributed by atoms with van der Waals surface area (Å²) in [6.45, 7) is 8.72. The molecule has 1 aromatic heterocycles. The van der Waals surface area contributed by atoms with Crippen molar-refractivity contribution in [3.05, 3.63) is 156 Å². The molecule has 2 heteroatoms. The van der Waals surface area contributed by atoms with E-state index in [9.17, 15) is 0 Å². The van der Waals surface area contributed by atoms with Crippen molar-refractivity contribution in [3.8, 4) is 22.3 Å². The van der Waals surface area contributed by atoms with Gasteiger partial charge in [-0.3, -0.25) is 0 Å². The zero-order chi connectivity index (χ0) is 28.0. The summed E-state index contributed by atoms with van der Waals surface area (Å²) in [5, 5.41) is 4.73. The second-order valence-electron chi connectivity index (χ2n) is 11.2. The zero-order valence-electron chi connectivity index (χ0n) is 23.3. The summed E-state index contributed by atoms with van der Waals surface area (Å²) >= 11 is 0. The Morgan fingerprint density at radius 2 is 1.39 bits per heavy atom. The minimum atomic E-state index is -0.0854. The third-order valence-corrected chi connectivity index (χ3v) is 8.33. The average Bonchev–Trinajstić information content (AvgIpc) is 3.52. The van der Waals surface area contributed by atoms with E-state index in [0.29, 0.717) is 0 Å². The van der Waals surface area contributed by atoms with Crippen LogP contribution in [0.1, 0.15) is 36.1 Å². The number of rotatable bonds is 6. The lowest BCUT2D eigenvalue weighted by Crippen LogP contribution is -2.15. The van der Waals surface area contributed by atoms with E-state index in [1.807, 2.05) is 24.3 Å². The van der Waals surface area contributed by atoms with E-state index in [1.165, 1.54) is 33.4 Å². The average molecular weight is 530 g/mol. The van der Waals surface area contributed by atoms with Crippen molar-refractivity contribution in [1.82, 2.24) is 0 Å². The normalized spacial score (nSPS) is 13.6. The molecule has 0 spiro atoms. The van der Waals surface area contributed by atoms with E-state index in [-0.39, 0.29) is 5.41 Å². The molecule has 7 rings (SSSR count). The Bertz CT molecular complexity index is 1940. The van der Waals surface area contributed by atoms with Crippen LogP contribution in [0.25, 0.3) is 44.9 Å². The number of hydrogen-bond acceptors (Lipinski definition) is 2. The first kappa shape index (κ1) is 24.9. The molecule has 1 aliphatic rings. The van der Waals surface area contributed by atoms with Gasteiger partial charge in [-0.2, -0.15) is 0 Å². The first-order valence-electron chi connectivity index (χ1n) is 14.0. The highest BCUT2D eigenvalue weighted by atomic mass is 16.3. The van der Waals surface area contributed by atoms with Crippen molar-refractivity contribution in [2.75, 3.05) is 5.32 Å². The SMILES string of the molecule is C=C/C(=C\c1coc2ccccc12)c1ccc(Nc2ccc3c(c2)C(C)(C)c2cc(-c4ccccc4)ccc2-3)cc1. The Labute approximate surface area is 241 Å². The van der Waals surface area contributed by atoms with E-state index in [1.54, 1.807) is 6.26 Å². The molecule has 0 radical (unpaired) electrons. The molecule has 0 atom stereocenters. The predicted molar refractivity (Wildman–Crippen MR) is 173 cm³/mol. The van der Waals surface area contributed by atoms with Crippen LogP contribution in [0.3, 0.4) is 0 Å². The second kappa shape index (κ2) is 9.83. The molecule has 0 unspecified atom stereocenters. The molecule has 41 heavy (non-hydrogen) atoms. The highest BCUT2D eigenvalue weighted by Crippen LogP contribution is 2.50. The molecular formula is C39H31NO. The molecule has 6 aromatic rings. The van der Waals surface area contributed by atoms with Gasteiger partial charge in [-0.05, 0) is 87.0 Å². The third-order valence-electron chi connectivity index (χ3n) is 8.33. The maximum atomic E-state index is 5.72. The standard InChI is InChI=1S/C39H31NO/c1-4-26(22-30-25-41-38-13-9-8-12-33(30)38)28-14-17-31(18-15-28)40-32-19-21-35-34-20-16-29(27-10-6-5-7-11-27)23-36(34)39(2,3)37(35)24-32/h4-25,40H,1H2,2-3H3/b26-22+. The van der Waals surface area contributed by atoms with Crippen LogP contribution in [0.4, 0.5) is 11.4 Å². The van der Waals surface area contributed by atoms with Crippen molar-refractivity contribution in [2.45, 2.75) is 19.3 Å². The van der Waals surface area contributed by atoms with E-state index in [2.05, 4.69) is 129 Å². The van der Waals surface area contributed by atoms with Crippen LogP contribution in [0.15, 0.2) is 139 Å². The Morgan fingerprint density at radius 3 is 2.17 bits per heavy atom. The molecule has 0 amide bonds. The predicted octanol–water partition coefficient (Wildman–Crippen LogP) is 10.9. The lowest BCUT2D eigenvalue weighted by molar-refractivity contribution is 0.615. The Kier molecular flexibility index (Phi) is 5.98. The van der Waals surface area contributed by atoms with Gasteiger partial charge in [-0.1, -0.05) is 105 Å². The fraction of sp³-hybridized carbons (Fsp3) is 0.0769. The number of fused-ring (bicyclic) bond motifs is 4. The molecule has 0 bridgehead atoms. The maximum absolute atomic E-state index is 5.72. The van der Waals surface area contributed by atoms with Gasteiger partial charge >= 0.3 is 0 Å². The lowest BCUT2D eigenvalue weighted by Gasteiger charge is -2.23. The molecule has 0 saturated heterocycles. The first-order chi connectivity index (χ1) is 20.0. The van der Waals surface area contributed by atoms with Gasteiger partial charge in [0.1, 0.15) is 5.58 Å². The molecule has 1 heterocycles. The summed E-state index contributed by atoms with van der Waals surface area (Å²) in [5.41, 5.74) is 14.0. The summed E-state index contributed by atoms with van der Waals surface area (Å²) in [4.78, 5) is 0. The summed E-state index contributed by atoms with van der Waals surface area (Å²) in [6, 6.07) is 40.9. The first-order valence-corrected chi connectivity index (χ1v) is 14.0. The number of allylic oxidation sites excluding steroid dienone is 2. The van der Waals surface area contributed by atoms with Gasteiger partial charge in [-0.25, -0.2) is 0 Å². The molecule has 0 saturated carbocycles. The van der Waals surface area contributed by atoms with Crippen molar-refractivity contribution in [1.29, 1.82) is 0 Å². The maximum Gasteiger partial charge on any atom is 0.134 e. The minimum absolute atomic E-state index is 0.0854. The molecule has 2 nitrogen and oxygen atoms in total. The summed E-state index contributed by atoms with van der Waals surface area (Å²) in [7, 11) is 0. The monoisotopic (exact) mass is 529 g/mol. The second-order valence-corrected chi connectivity index (χ2v) is 11.2. The van der Waals surface area contributed by atoms with Crippen LogP contribution in [-0.2, 0) is 5.41 Å². The molecule has 198 valence electrons. The van der Waals surface area contributed by atoms with E-state index < -0.39 is 0 Å². The van der Waals surface area contributed by atoms with Crippen molar-refractivity contribution in [2.24, 2.45) is 0 Å². The van der Waals surface area contributed by atoms with Gasteiger partial charge in [-0.15, -0.1) is 0 Å². The van der Waals surface area contributed by atoms with Gasteiger partial charge in [0.05, 0.1) is 6.26 Å². The largest absolute Gasteiger partial charge is 0.464 e. The summed E-state index contributed by atoms with van der Waals surface area (Å²) < 4.78 is 5.72. The fourth-order valence-corrected chi connectivity index (χ4v) is 6.08. The van der Waals surface area contributed by atoms with Crippen LogP contribution in [0.5, 0.6) is 0 Å². The van der Waals surface area contributed by atoms with Crippen molar-refractivity contribution >= 4 is 34.0 Å². The number of furan rings is 1. The fourth-order valence-electron chi connectivity index (χ4n) is 6.08. The number of benzene rings is 5. The quantitative estimate of drug-likeness (QED) is 0.217. The smallest absolute Gasteiger partial charge is 0.134 e. The van der Waals surface area contributed by atoms with Crippen molar-refractivity contribution in [3.63, 3.8) is 0 Å². The van der Waals surface area contributed by atoms with Gasteiger partial charge in [0.2, 0.25) is 0 Å². The van der Waals surface area contributed by atoms with Crippen molar-refractivity contribution < 1.29 is 4.42 Å². The van der Waals surface area contributed by atoms with Gasteiger partial charge in [0, 0.05) is 27.7 Å². The van der Waals surface area contributed by atoms with Crippen LogP contribution >= 0.6 is 0 Å². The topological polar surface area (TPSA) is 25.2 Å². The van der Waals surface area contributed by atoms with Gasteiger partial charge in [0.15, 0.2) is 0 Å². The molecule has 5 aromatic carbocycles.